The molecule has 0 aromatic heterocycles. The third kappa shape index (κ3) is 5.49. The summed E-state index contributed by atoms with van der Waals surface area (Å²) in [6, 6.07) is 15.1. The van der Waals surface area contributed by atoms with Gasteiger partial charge in [-0.2, -0.15) is 5.26 Å². The maximum atomic E-state index is 12.4. The molecule has 0 aliphatic rings. The number of carbonyl (C=O) groups is 1. The van der Waals surface area contributed by atoms with E-state index in [1.807, 2.05) is 62.4 Å². The van der Waals surface area contributed by atoms with Gasteiger partial charge in [-0.15, -0.1) is 0 Å². The minimum Gasteiger partial charge on any atom is -0.494 e. The Labute approximate surface area is 155 Å². The molecule has 0 fully saturated rings. The van der Waals surface area contributed by atoms with Crippen molar-refractivity contribution in [1.82, 2.24) is 0 Å². The molecule has 0 spiro atoms. The zero-order chi connectivity index (χ0) is 18.9. The van der Waals surface area contributed by atoms with Crippen molar-refractivity contribution >= 4 is 17.7 Å². The van der Waals surface area contributed by atoms with Crippen LogP contribution in [-0.4, -0.2) is 12.5 Å². The Bertz CT molecular complexity index is 830. The molecule has 4 nitrogen and oxygen atoms in total. The summed E-state index contributed by atoms with van der Waals surface area (Å²) in [5, 5.41) is 12.1. The molecule has 0 aliphatic heterocycles. The van der Waals surface area contributed by atoms with E-state index in [0.29, 0.717) is 12.3 Å². The van der Waals surface area contributed by atoms with Crippen LogP contribution in [0.2, 0.25) is 0 Å². The molecule has 4 heteroatoms. The molecule has 0 saturated heterocycles. The lowest BCUT2D eigenvalue weighted by atomic mass is 10.1. The van der Waals surface area contributed by atoms with Gasteiger partial charge in [0.05, 0.1) is 6.61 Å². The van der Waals surface area contributed by atoms with Crippen LogP contribution in [0.5, 0.6) is 5.75 Å². The zero-order valence-electron chi connectivity index (χ0n) is 15.5. The van der Waals surface area contributed by atoms with E-state index in [1.165, 1.54) is 0 Å². The van der Waals surface area contributed by atoms with Crippen LogP contribution in [0.25, 0.3) is 6.08 Å². The number of hydrogen-bond acceptors (Lipinski definition) is 3. The predicted octanol–water partition coefficient (Wildman–Crippen LogP) is 5.03. The van der Waals surface area contributed by atoms with E-state index in [0.717, 1.165) is 35.3 Å². The minimum absolute atomic E-state index is 0.0598. The molecule has 2 aromatic rings. The molecular weight excluding hydrogens is 324 g/mol. The van der Waals surface area contributed by atoms with Crippen LogP contribution in [0.3, 0.4) is 0 Å². The Balaban J connectivity index is 2.09. The number of hydrogen-bond donors (Lipinski definition) is 1. The number of nitriles is 1. The largest absolute Gasteiger partial charge is 0.494 e. The lowest BCUT2D eigenvalue weighted by Gasteiger charge is -2.09. The van der Waals surface area contributed by atoms with E-state index in [2.05, 4.69) is 12.2 Å². The molecule has 0 heterocycles. The molecule has 1 amide bonds. The van der Waals surface area contributed by atoms with Crippen LogP contribution in [-0.2, 0) is 4.79 Å². The SMILES string of the molecule is CCCCOc1ccc(/C=C(/C#N)C(=O)Nc2ccc(C)cc2C)cc1. The molecular formula is C22H24N2O2. The topological polar surface area (TPSA) is 62.1 Å². The number of ether oxygens (including phenoxy) is 1. The summed E-state index contributed by atoms with van der Waals surface area (Å²) in [6.07, 6.45) is 3.68. The van der Waals surface area contributed by atoms with Gasteiger partial charge in [0.25, 0.3) is 5.91 Å². The Morgan fingerprint density at radius 3 is 2.54 bits per heavy atom. The zero-order valence-corrected chi connectivity index (χ0v) is 15.5. The Morgan fingerprint density at radius 1 is 1.19 bits per heavy atom. The molecule has 2 rings (SSSR count). The van der Waals surface area contributed by atoms with Gasteiger partial charge in [0.2, 0.25) is 0 Å². The van der Waals surface area contributed by atoms with Crippen LogP contribution in [0, 0.1) is 25.2 Å². The highest BCUT2D eigenvalue weighted by atomic mass is 16.5. The molecule has 26 heavy (non-hydrogen) atoms. The van der Waals surface area contributed by atoms with Crippen LogP contribution in [0.4, 0.5) is 5.69 Å². The summed E-state index contributed by atoms with van der Waals surface area (Å²) in [6.45, 7) is 6.72. The number of amides is 1. The fraction of sp³-hybridized carbons (Fsp3) is 0.273. The Hall–Kier alpha value is -3.06. The third-order valence-corrected chi connectivity index (χ3v) is 3.95. The smallest absolute Gasteiger partial charge is 0.266 e. The van der Waals surface area contributed by atoms with E-state index in [4.69, 9.17) is 4.74 Å². The van der Waals surface area contributed by atoms with Crippen molar-refractivity contribution in [3.63, 3.8) is 0 Å². The second kappa shape index (κ2) is 9.43. The van der Waals surface area contributed by atoms with Crippen molar-refractivity contribution in [2.75, 3.05) is 11.9 Å². The maximum absolute atomic E-state index is 12.4. The lowest BCUT2D eigenvalue weighted by molar-refractivity contribution is -0.112. The number of rotatable bonds is 7. The summed E-state index contributed by atoms with van der Waals surface area (Å²) in [5.74, 6) is 0.372. The molecule has 0 bridgehead atoms. The molecule has 1 N–H and O–H groups in total. The number of unbranched alkanes of at least 4 members (excludes halogenated alkanes) is 1. The summed E-state index contributed by atoms with van der Waals surface area (Å²) in [7, 11) is 0. The van der Waals surface area contributed by atoms with Crippen LogP contribution >= 0.6 is 0 Å². The summed E-state index contributed by atoms with van der Waals surface area (Å²) in [5.41, 5.74) is 3.63. The lowest BCUT2D eigenvalue weighted by Crippen LogP contribution is -2.14. The fourth-order valence-corrected chi connectivity index (χ4v) is 2.45. The number of nitrogens with zero attached hydrogens (tertiary/aromatic N) is 1. The average Bonchev–Trinajstić information content (AvgIpc) is 2.63. The quantitative estimate of drug-likeness (QED) is 0.434. The Kier molecular flexibility index (Phi) is 6.99. The van der Waals surface area contributed by atoms with Crippen molar-refractivity contribution in [3.8, 4) is 11.8 Å². The van der Waals surface area contributed by atoms with Gasteiger partial charge >= 0.3 is 0 Å². The fourth-order valence-electron chi connectivity index (χ4n) is 2.45. The predicted molar refractivity (Wildman–Crippen MR) is 105 cm³/mol. The van der Waals surface area contributed by atoms with E-state index in [-0.39, 0.29) is 5.57 Å². The van der Waals surface area contributed by atoms with E-state index in [9.17, 15) is 10.1 Å². The van der Waals surface area contributed by atoms with Crippen molar-refractivity contribution < 1.29 is 9.53 Å². The number of anilines is 1. The van der Waals surface area contributed by atoms with Gasteiger partial charge in [-0.3, -0.25) is 4.79 Å². The van der Waals surface area contributed by atoms with Gasteiger partial charge in [0, 0.05) is 5.69 Å². The summed E-state index contributed by atoms with van der Waals surface area (Å²) in [4.78, 5) is 12.4. The molecule has 0 aliphatic carbocycles. The van der Waals surface area contributed by atoms with Gasteiger partial charge in [0.1, 0.15) is 17.4 Å². The van der Waals surface area contributed by atoms with Crippen LogP contribution < -0.4 is 10.1 Å². The highest BCUT2D eigenvalue weighted by molar-refractivity contribution is 6.09. The summed E-state index contributed by atoms with van der Waals surface area (Å²) >= 11 is 0. The molecule has 0 radical (unpaired) electrons. The maximum Gasteiger partial charge on any atom is 0.266 e. The molecule has 134 valence electrons. The van der Waals surface area contributed by atoms with E-state index < -0.39 is 5.91 Å². The normalized spacial score (nSPS) is 10.9. The molecule has 0 unspecified atom stereocenters. The van der Waals surface area contributed by atoms with Crippen LogP contribution in [0.1, 0.15) is 36.5 Å². The summed E-state index contributed by atoms with van der Waals surface area (Å²) < 4.78 is 5.62. The van der Waals surface area contributed by atoms with Crippen molar-refractivity contribution in [1.29, 1.82) is 5.26 Å². The van der Waals surface area contributed by atoms with Crippen molar-refractivity contribution in [2.45, 2.75) is 33.6 Å². The number of aryl methyl sites for hydroxylation is 2. The molecule has 2 aromatic carbocycles. The van der Waals surface area contributed by atoms with Crippen LogP contribution in [0.15, 0.2) is 48.0 Å². The number of nitrogens with one attached hydrogen (secondary N) is 1. The van der Waals surface area contributed by atoms with Gasteiger partial charge in [-0.25, -0.2) is 0 Å². The van der Waals surface area contributed by atoms with E-state index in [1.54, 1.807) is 6.08 Å². The monoisotopic (exact) mass is 348 g/mol. The highest BCUT2D eigenvalue weighted by Crippen LogP contribution is 2.18. The number of benzene rings is 2. The van der Waals surface area contributed by atoms with Gasteiger partial charge < -0.3 is 10.1 Å². The first-order valence-electron chi connectivity index (χ1n) is 8.76. The Morgan fingerprint density at radius 2 is 1.92 bits per heavy atom. The van der Waals surface area contributed by atoms with Crippen molar-refractivity contribution in [2.24, 2.45) is 0 Å². The first kappa shape index (κ1) is 19.3. The first-order valence-corrected chi connectivity index (χ1v) is 8.76. The molecule has 0 atom stereocenters. The van der Waals surface area contributed by atoms with Crippen molar-refractivity contribution in [3.05, 3.63) is 64.7 Å². The van der Waals surface area contributed by atoms with Gasteiger partial charge in [-0.1, -0.05) is 43.2 Å². The average molecular weight is 348 g/mol. The third-order valence-electron chi connectivity index (χ3n) is 3.95. The minimum atomic E-state index is -0.414. The second-order valence-electron chi connectivity index (χ2n) is 6.21. The van der Waals surface area contributed by atoms with Gasteiger partial charge in [0.15, 0.2) is 0 Å². The number of carbonyl (C=O) groups excluding carboxylic acids is 1. The standard InChI is InChI=1S/C22H24N2O2/c1-4-5-12-26-20-9-7-18(8-10-20)14-19(15-23)22(25)24-21-11-6-16(2)13-17(21)3/h6-11,13-14H,4-5,12H2,1-3H3,(H,24,25)/b19-14-. The first-order chi connectivity index (χ1) is 12.5. The van der Waals surface area contributed by atoms with E-state index >= 15 is 0 Å². The van der Waals surface area contributed by atoms with Gasteiger partial charge in [-0.05, 0) is 55.7 Å². The second-order valence-corrected chi connectivity index (χ2v) is 6.21. The molecule has 0 saturated carbocycles. The highest BCUT2D eigenvalue weighted by Gasteiger charge is 2.11.